The molecule has 1 aromatic rings. The molecule has 0 spiro atoms. The van der Waals surface area contributed by atoms with Gasteiger partial charge in [0.25, 0.3) is 0 Å². The van der Waals surface area contributed by atoms with Crippen molar-refractivity contribution in [2.24, 2.45) is 5.92 Å². The Kier molecular flexibility index (Phi) is 6.03. The molecular weight excluding hydrogens is 260 g/mol. The number of benzene rings is 1. The lowest BCUT2D eigenvalue weighted by atomic mass is 9.95. The Morgan fingerprint density at radius 3 is 2.50 bits per heavy atom. The average molecular weight is 280 g/mol. The van der Waals surface area contributed by atoms with Crippen LogP contribution < -0.4 is 4.74 Å². The fraction of sp³-hybridized carbons (Fsp3) is 0.467. The van der Waals surface area contributed by atoms with Crippen molar-refractivity contribution in [3.63, 3.8) is 0 Å². The average Bonchev–Trinajstić information content (AvgIpc) is 2.44. The van der Waals surface area contributed by atoms with Gasteiger partial charge >= 0.3 is 11.9 Å². The first-order valence-corrected chi connectivity index (χ1v) is 6.60. The van der Waals surface area contributed by atoms with E-state index in [0.717, 1.165) is 5.56 Å². The summed E-state index contributed by atoms with van der Waals surface area (Å²) < 4.78 is 10.0. The van der Waals surface area contributed by atoms with Crippen molar-refractivity contribution in [2.75, 3.05) is 13.7 Å². The SMILES string of the molecule is CCOC(=O)C(CC)Cc1ccc(OC)c(C(=O)O)c1. The van der Waals surface area contributed by atoms with Crippen LogP contribution in [-0.2, 0) is 16.0 Å². The van der Waals surface area contributed by atoms with Gasteiger partial charge in [-0.15, -0.1) is 0 Å². The van der Waals surface area contributed by atoms with Crippen molar-refractivity contribution in [3.05, 3.63) is 29.3 Å². The Bertz CT molecular complexity index is 481. The van der Waals surface area contributed by atoms with E-state index in [1.807, 2.05) is 6.92 Å². The van der Waals surface area contributed by atoms with Gasteiger partial charge in [0.15, 0.2) is 0 Å². The minimum absolute atomic E-state index is 0.101. The molecule has 0 bridgehead atoms. The maximum Gasteiger partial charge on any atom is 0.339 e. The molecule has 0 heterocycles. The first-order chi connectivity index (χ1) is 9.53. The van der Waals surface area contributed by atoms with Gasteiger partial charge in [-0.1, -0.05) is 13.0 Å². The first kappa shape index (κ1) is 16.0. The highest BCUT2D eigenvalue weighted by atomic mass is 16.5. The van der Waals surface area contributed by atoms with Crippen LogP contribution in [0.15, 0.2) is 18.2 Å². The molecule has 1 unspecified atom stereocenters. The molecule has 0 amide bonds. The monoisotopic (exact) mass is 280 g/mol. The van der Waals surface area contributed by atoms with Gasteiger partial charge in [0.2, 0.25) is 0 Å². The zero-order chi connectivity index (χ0) is 15.1. The van der Waals surface area contributed by atoms with Crippen molar-refractivity contribution >= 4 is 11.9 Å². The summed E-state index contributed by atoms with van der Waals surface area (Å²) in [6.07, 6.45) is 1.10. The number of carbonyl (C=O) groups excluding carboxylic acids is 1. The number of esters is 1. The van der Waals surface area contributed by atoms with Crippen LogP contribution in [0.5, 0.6) is 5.75 Å². The minimum atomic E-state index is -1.05. The molecule has 0 radical (unpaired) electrons. The molecule has 0 fully saturated rings. The molecule has 1 N–H and O–H groups in total. The smallest absolute Gasteiger partial charge is 0.339 e. The van der Waals surface area contributed by atoms with Gasteiger partial charge in [-0.05, 0) is 37.5 Å². The summed E-state index contributed by atoms with van der Waals surface area (Å²) in [6.45, 7) is 4.02. The van der Waals surface area contributed by atoms with Crippen LogP contribution in [0.25, 0.3) is 0 Å². The molecule has 5 heteroatoms. The summed E-state index contributed by atoms with van der Waals surface area (Å²) in [5.74, 6) is -1.24. The second-order valence-corrected chi connectivity index (χ2v) is 4.40. The van der Waals surface area contributed by atoms with Gasteiger partial charge in [0.1, 0.15) is 11.3 Å². The van der Waals surface area contributed by atoms with E-state index in [0.29, 0.717) is 25.2 Å². The van der Waals surface area contributed by atoms with Gasteiger partial charge in [0.05, 0.1) is 19.6 Å². The summed E-state index contributed by atoms with van der Waals surface area (Å²) in [5.41, 5.74) is 0.881. The highest BCUT2D eigenvalue weighted by Crippen LogP contribution is 2.22. The molecule has 0 saturated carbocycles. The van der Waals surface area contributed by atoms with E-state index in [9.17, 15) is 9.59 Å². The summed E-state index contributed by atoms with van der Waals surface area (Å²) in [5, 5.41) is 9.13. The number of hydrogen-bond acceptors (Lipinski definition) is 4. The van der Waals surface area contributed by atoms with Gasteiger partial charge in [-0.2, -0.15) is 0 Å². The molecule has 1 aromatic carbocycles. The van der Waals surface area contributed by atoms with Crippen LogP contribution >= 0.6 is 0 Å². The second-order valence-electron chi connectivity index (χ2n) is 4.40. The number of aromatic carboxylic acids is 1. The molecule has 110 valence electrons. The van der Waals surface area contributed by atoms with Crippen molar-refractivity contribution in [1.82, 2.24) is 0 Å². The van der Waals surface area contributed by atoms with Gasteiger partial charge in [0, 0.05) is 0 Å². The van der Waals surface area contributed by atoms with Crippen LogP contribution in [0, 0.1) is 5.92 Å². The minimum Gasteiger partial charge on any atom is -0.496 e. The third-order valence-electron chi connectivity index (χ3n) is 3.09. The molecule has 20 heavy (non-hydrogen) atoms. The van der Waals surface area contributed by atoms with Crippen molar-refractivity contribution in [1.29, 1.82) is 0 Å². The van der Waals surface area contributed by atoms with Crippen molar-refractivity contribution < 1.29 is 24.2 Å². The zero-order valence-corrected chi connectivity index (χ0v) is 12.0. The zero-order valence-electron chi connectivity index (χ0n) is 12.0. The lowest BCUT2D eigenvalue weighted by Gasteiger charge is -2.14. The number of carbonyl (C=O) groups is 2. The number of carboxylic acids is 1. The number of rotatable bonds is 7. The first-order valence-electron chi connectivity index (χ1n) is 6.60. The van der Waals surface area contributed by atoms with E-state index in [1.165, 1.54) is 7.11 Å². The lowest BCUT2D eigenvalue weighted by Crippen LogP contribution is -2.19. The van der Waals surface area contributed by atoms with Crippen LogP contribution in [0.4, 0.5) is 0 Å². The molecule has 1 atom stereocenters. The van der Waals surface area contributed by atoms with E-state index in [4.69, 9.17) is 14.6 Å². The number of methoxy groups -OCH3 is 1. The fourth-order valence-electron chi connectivity index (χ4n) is 1.99. The summed E-state index contributed by atoms with van der Waals surface area (Å²) in [4.78, 5) is 22.9. The van der Waals surface area contributed by atoms with Crippen LogP contribution in [0.2, 0.25) is 0 Å². The normalized spacial score (nSPS) is 11.8. The van der Waals surface area contributed by atoms with Gasteiger partial charge < -0.3 is 14.6 Å². The molecule has 0 saturated heterocycles. The summed E-state index contributed by atoms with van der Waals surface area (Å²) in [6, 6.07) is 4.92. The quantitative estimate of drug-likeness (QED) is 0.777. The highest BCUT2D eigenvalue weighted by Gasteiger charge is 2.20. The number of hydrogen-bond donors (Lipinski definition) is 1. The van der Waals surface area contributed by atoms with E-state index in [-0.39, 0.29) is 17.5 Å². The van der Waals surface area contributed by atoms with Crippen molar-refractivity contribution in [3.8, 4) is 5.75 Å². The number of carboxylic acid groups (broad SMARTS) is 1. The van der Waals surface area contributed by atoms with Crippen LogP contribution in [-0.4, -0.2) is 30.8 Å². The fourth-order valence-corrected chi connectivity index (χ4v) is 1.99. The van der Waals surface area contributed by atoms with Crippen molar-refractivity contribution in [2.45, 2.75) is 26.7 Å². The third kappa shape index (κ3) is 3.98. The summed E-state index contributed by atoms with van der Waals surface area (Å²) in [7, 11) is 1.43. The Morgan fingerprint density at radius 1 is 1.30 bits per heavy atom. The van der Waals surface area contributed by atoms with Gasteiger partial charge in [-0.3, -0.25) is 4.79 Å². The Morgan fingerprint density at radius 2 is 2.00 bits per heavy atom. The Balaban J connectivity index is 2.94. The standard InChI is InChI=1S/C15H20O5/c1-4-11(15(18)20-5-2)8-10-6-7-13(19-3)12(9-10)14(16)17/h6-7,9,11H,4-5,8H2,1-3H3,(H,16,17). The predicted molar refractivity (Wildman–Crippen MR) is 74.1 cm³/mol. The van der Waals surface area contributed by atoms with Crippen LogP contribution in [0.1, 0.15) is 36.2 Å². The molecular formula is C15H20O5. The highest BCUT2D eigenvalue weighted by molar-refractivity contribution is 5.91. The predicted octanol–water partition coefficient (Wildman–Crippen LogP) is 2.53. The Hall–Kier alpha value is -2.04. The van der Waals surface area contributed by atoms with E-state index in [1.54, 1.807) is 25.1 Å². The maximum atomic E-state index is 11.8. The topological polar surface area (TPSA) is 72.8 Å². The second kappa shape index (κ2) is 7.53. The molecule has 0 aliphatic carbocycles. The number of ether oxygens (including phenoxy) is 2. The van der Waals surface area contributed by atoms with E-state index in [2.05, 4.69) is 0 Å². The lowest BCUT2D eigenvalue weighted by molar-refractivity contribution is -0.148. The molecule has 0 aliphatic heterocycles. The molecule has 0 aromatic heterocycles. The molecule has 5 nitrogen and oxygen atoms in total. The third-order valence-corrected chi connectivity index (χ3v) is 3.09. The van der Waals surface area contributed by atoms with E-state index >= 15 is 0 Å². The maximum absolute atomic E-state index is 11.8. The summed E-state index contributed by atoms with van der Waals surface area (Å²) >= 11 is 0. The van der Waals surface area contributed by atoms with Gasteiger partial charge in [-0.25, -0.2) is 4.79 Å². The van der Waals surface area contributed by atoms with Crippen LogP contribution in [0.3, 0.4) is 0 Å². The van der Waals surface area contributed by atoms with E-state index < -0.39 is 5.97 Å². The largest absolute Gasteiger partial charge is 0.496 e. The Labute approximate surface area is 118 Å². The molecule has 1 rings (SSSR count). The molecule has 0 aliphatic rings.